The van der Waals surface area contributed by atoms with Crippen LogP contribution in [-0.2, 0) is 25.5 Å². The van der Waals surface area contributed by atoms with Gasteiger partial charge in [-0.25, -0.2) is 21.8 Å². The van der Waals surface area contributed by atoms with Gasteiger partial charge in [0.2, 0.25) is 5.69 Å². The van der Waals surface area contributed by atoms with Crippen molar-refractivity contribution in [3.8, 4) is 0 Å². The SMILES string of the molecule is CC1(C)C=[NH+]c2ccc3ccccc3c21.O=S(=O)([N-]S(=O)(=O)C(F)(F)F)C(F)(F)F. The third kappa shape index (κ3) is 4.75. The fourth-order valence-electron chi connectivity index (χ4n) is 2.63. The third-order valence-corrected chi connectivity index (χ3v) is 6.68. The second-order valence-electron chi connectivity index (χ2n) is 6.64. The number of rotatable bonds is 2. The van der Waals surface area contributed by atoms with Crippen LogP contribution < -0.4 is 4.99 Å². The van der Waals surface area contributed by atoms with Gasteiger partial charge in [0.15, 0.2) is 26.3 Å². The summed E-state index contributed by atoms with van der Waals surface area (Å²) in [6.45, 7) is 4.50. The van der Waals surface area contributed by atoms with E-state index in [0.29, 0.717) is 0 Å². The van der Waals surface area contributed by atoms with Gasteiger partial charge in [-0.15, -0.1) is 0 Å². The molecule has 0 unspecified atom stereocenters. The molecule has 0 aromatic heterocycles. The number of nitrogens with zero attached hydrogens (tertiary/aromatic N) is 1. The molecule has 0 atom stereocenters. The fraction of sp³-hybridized carbons (Fsp3) is 0.312. The Morgan fingerprint density at radius 3 is 1.83 bits per heavy atom. The van der Waals surface area contributed by atoms with E-state index in [9.17, 15) is 43.2 Å². The summed E-state index contributed by atoms with van der Waals surface area (Å²) >= 11 is 0. The topological polar surface area (TPSA) is 96.3 Å². The summed E-state index contributed by atoms with van der Waals surface area (Å²) in [7, 11) is -13.4. The number of halogens is 6. The summed E-state index contributed by atoms with van der Waals surface area (Å²) in [4.78, 5) is 3.36. The summed E-state index contributed by atoms with van der Waals surface area (Å²) in [6.07, 6.45) is 2.17. The average Bonchev–Trinajstić information content (AvgIpc) is 2.88. The molecule has 2 aromatic rings. The highest BCUT2D eigenvalue weighted by molar-refractivity contribution is 8.13. The summed E-state index contributed by atoms with van der Waals surface area (Å²) in [5, 5.41) is 2.68. The number of benzene rings is 2. The van der Waals surface area contributed by atoms with Gasteiger partial charge in [-0.1, -0.05) is 24.3 Å². The van der Waals surface area contributed by atoms with Crippen LogP contribution in [0, 0.1) is 0 Å². The molecular formula is C16H14F6N2O4S2. The van der Waals surface area contributed by atoms with Crippen LogP contribution in [0.4, 0.5) is 32.0 Å². The van der Waals surface area contributed by atoms with E-state index in [-0.39, 0.29) is 5.41 Å². The Balaban J connectivity index is 0.000000214. The smallest absolute Gasteiger partial charge is 0.421 e. The molecule has 0 fully saturated rings. The Bertz CT molecular complexity index is 1160. The molecule has 0 bridgehead atoms. The van der Waals surface area contributed by atoms with Gasteiger partial charge in [0.05, 0.1) is 5.41 Å². The zero-order chi connectivity index (χ0) is 23.2. The fourth-order valence-corrected chi connectivity index (χ4v) is 4.34. The molecule has 0 radical (unpaired) electrons. The highest BCUT2D eigenvalue weighted by Gasteiger charge is 2.47. The van der Waals surface area contributed by atoms with Crippen molar-refractivity contribution >= 4 is 42.7 Å². The van der Waals surface area contributed by atoms with E-state index < -0.39 is 31.1 Å². The first-order valence-corrected chi connectivity index (χ1v) is 10.8. The maximum absolute atomic E-state index is 11.4. The Hall–Kier alpha value is -2.19. The summed E-state index contributed by atoms with van der Waals surface area (Å²) in [5.41, 5.74) is -9.62. The highest BCUT2D eigenvalue weighted by atomic mass is 32.3. The minimum absolute atomic E-state index is 0.121. The third-order valence-electron chi connectivity index (χ3n) is 3.94. The first kappa shape index (κ1) is 24.1. The lowest BCUT2D eigenvalue weighted by Crippen LogP contribution is -2.60. The molecule has 166 valence electrons. The molecule has 0 saturated heterocycles. The molecule has 6 nitrogen and oxygen atoms in total. The molecule has 1 aliphatic rings. The van der Waals surface area contributed by atoms with E-state index in [1.807, 2.05) is 0 Å². The number of nitrogens with one attached hydrogen (secondary N) is 1. The largest absolute Gasteiger partial charge is 0.480 e. The molecule has 1 heterocycles. The number of alkyl halides is 6. The maximum atomic E-state index is 11.4. The Labute approximate surface area is 167 Å². The lowest BCUT2D eigenvalue weighted by molar-refractivity contribution is -0.344. The Kier molecular flexibility index (Phi) is 6.02. The lowest BCUT2D eigenvalue weighted by atomic mass is 9.84. The first-order valence-electron chi connectivity index (χ1n) is 7.89. The van der Waals surface area contributed by atoms with Crippen LogP contribution in [0.3, 0.4) is 0 Å². The van der Waals surface area contributed by atoms with Crippen molar-refractivity contribution in [3.05, 3.63) is 46.1 Å². The quantitative estimate of drug-likeness (QED) is 0.675. The molecule has 0 amide bonds. The van der Waals surface area contributed by atoms with Gasteiger partial charge >= 0.3 is 11.0 Å². The monoisotopic (exact) mass is 476 g/mol. The van der Waals surface area contributed by atoms with E-state index >= 15 is 0 Å². The van der Waals surface area contributed by atoms with E-state index in [1.165, 1.54) is 22.0 Å². The van der Waals surface area contributed by atoms with Gasteiger partial charge in [-0.3, -0.25) is 0 Å². The van der Waals surface area contributed by atoms with E-state index in [4.69, 9.17) is 0 Å². The maximum Gasteiger partial charge on any atom is 0.480 e. The van der Waals surface area contributed by atoms with Crippen LogP contribution in [0.25, 0.3) is 14.9 Å². The van der Waals surface area contributed by atoms with Crippen LogP contribution in [0.1, 0.15) is 19.4 Å². The minimum atomic E-state index is -6.72. The number of hydrogen-bond acceptors (Lipinski definition) is 4. The van der Waals surface area contributed by atoms with Crippen molar-refractivity contribution in [2.45, 2.75) is 30.3 Å². The van der Waals surface area contributed by atoms with Gasteiger partial charge in [0.1, 0.15) is 0 Å². The highest BCUT2D eigenvalue weighted by Crippen LogP contribution is 2.36. The second-order valence-corrected chi connectivity index (χ2v) is 10.1. The molecule has 1 aliphatic heterocycles. The van der Waals surface area contributed by atoms with Crippen molar-refractivity contribution in [1.82, 2.24) is 0 Å². The summed E-state index contributed by atoms with van der Waals surface area (Å²) in [6, 6.07) is 12.9. The zero-order valence-corrected chi connectivity index (χ0v) is 16.8. The van der Waals surface area contributed by atoms with Crippen molar-refractivity contribution in [2.24, 2.45) is 0 Å². The Morgan fingerprint density at radius 1 is 0.833 bits per heavy atom. The van der Waals surface area contributed by atoms with Gasteiger partial charge in [-0.05, 0) is 30.7 Å². The molecule has 1 N–H and O–H groups in total. The zero-order valence-electron chi connectivity index (χ0n) is 15.2. The number of fused-ring (bicyclic) bond motifs is 3. The lowest BCUT2D eigenvalue weighted by Gasteiger charge is -2.22. The van der Waals surface area contributed by atoms with E-state index in [1.54, 1.807) is 0 Å². The molecule has 0 saturated carbocycles. The summed E-state index contributed by atoms with van der Waals surface area (Å²) < 4.78 is 109. The summed E-state index contributed by atoms with van der Waals surface area (Å²) in [5.74, 6) is 0. The van der Waals surface area contributed by atoms with Gasteiger partial charge in [0, 0.05) is 11.6 Å². The molecule has 3 rings (SSSR count). The van der Waals surface area contributed by atoms with Gasteiger partial charge < -0.3 is 4.13 Å². The van der Waals surface area contributed by atoms with Crippen LogP contribution >= 0.6 is 0 Å². The molecular weight excluding hydrogens is 462 g/mol. The van der Waals surface area contributed by atoms with Crippen LogP contribution in [-0.4, -0.2) is 34.1 Å². The van der Waals surface area contributed by atoms with Crippen molar-refractivity contribution in [1.29, 1.82) is 0 Å². The molecule has 0 spiro atoms. The van der Waals surface area contributed by atoms with E-state index in [0.717, 1.165) is 4.13 Å². The van der Waals surface area contributed by atoms with Crippen molar-refractivity contribution < 1.29 is 48.2 Å². The van der Waals surface area contributed by atoms with Gasteiger partial charge in [-0.2, -0.15) is 26.3 Å². The van der Waals surface area contributed by atoms with Crippen molar-refractivity contribution in [3.63, 3.8) is 0 Å². The average molecular weight is 476 g/mol. The molecule has 14 heteroatoms. The predicted molar refractivity (Wildman–Crippen MR) is 97.0 cm³/mol. The normalized spacial score (nSPS) is 16.1. The first-order chi connectivity index (χ1) is 13.4. The van der Waals surface area contributed by atoms with Crippen LogP contribution in [0.5, 0.6) is 0 Å². The second kappa shape index (κ2) is 7.50. The van der Waals surface area contributed by atoms with E-state index in [2.05, 4.69) is 61.5 Å². The van der Waals surface area contributed by atoms with Crippen LogP contribution in [0.15, 0.2) is 36.4 Å². The van der Waals surface area contributed by atoms with Gasteiger partial charge in [0.25, 0.3) is 0 Å². The molecule has 30 heavy (non-hydrogen) atoms. The molecule has 0 aliphatic carbocycles. The predicted octanol–water partition coefficient (Wildman–Crippen LogP) is 2.97. The van der Waals surface area contributed by atoms with Crippen molar-refractivity contribution in [2.75, 3.05) is 0 Å². The number of sulfonamides is 2. The minimum Gasteiger partial charge on any atom is -0.421 e. The Morgan fingerprint density at radius 2 is 1.33 bits per heavy atom. The standard InChI is InChI=1S/C14H13N.C2F6NO4S2/c1-14(2)9-15-12-8-7-10-5-3-4-6-11(10)13(12)14;3-1(4,5)14(10,11)9-15(12,13)2(6,7)8/h3-9H,1-2H3;/q;-1/p+1. The number of hydrogen-bond donors (Lipinski definition) is 1. The molecule has 2 aromatic carbocycles. The van der Waals surface area contributed by atoms with Crippen LogP contribution in [0.2, 0.25) is 0 Å².